The van der Waals surface area contributed by atoms with Gasteiger partial charge in [0.15, 0.2) is 0 Å². The number of nitrogens with one attached hydrogen (secondary N) is 1. The van der Waals surface area contributed by atoms with Crippen molar-refractivity contribution in [3.8, 4) is 0 Å². The molecular weight excluding hydrogens is 160 g/mol. The Morgan fingerprint density at radius 1 is 1.38 bits per heavy atom. The first-order valence-corrected chi connectivity index (χ1v) is 5.79. The summed E-state index contributed by atoms with van der Waals surface area (Å²) in [6.45, 7) is 10.8. The van der Waals surface area contributed by atoms with Crippen LogP contribution in [0.1, 0.15) is 33.1 Å². The Morgan fingerprint density at radius 2 is 2.23 bits per heavy atom. The minimum absolute atomic E-state index is 0.914. The van der Waals surface area contributed by atoms with Gasteiger partial charge in [0.2, 0.25) is 0 Å². The number of unbranched alkanes of at least 4 members (excludes halogenated alkanes) is 1. The van der Waals surface area contributed by atoms with Crippen molar-refractivity contribution in [3.05, 3.63) is 0 Å². The van der Waals surface area contributed by atoms with Gasteiger partial charge in [-0.25, -0.2) is 0 Å². The molecule has 1 N–H and O–H groups in total. The Bertz CT molecular complexity index is 119. The topological polar surface area (TPSA) is 15.3 Å². The summed E-state index contributed by atoms with van der Waals surface area (Å²) >= 11 is 0. The smallest absolute Gasteiger partial charge is 0.00222 e. The minimum atomic E-state index is 0.914. The van der Waals surface area contributed by atoms with E-state index < -0.39 is 0 Å². The first-order valence-electron chi connectivity index (χ1n) is 5.79. The van der Waals surface area contributed by atoms with Crippen molar-refractivity contribution in [1.82, 2.24) is 10.2 Å². The minimum Gasteiger partial charge on any atom is -0.316 e. The van der Waals surface area contributed by atoms with Crippen LogP contribution in [0.2, 0.25) is 0 Å². The molecule has 1 rings (SSSR count). The summed E-state index contributed by atoms with van der Waals surface area (Å²) in [5.41, 5.74) is 0. The Balaban J connectivity index is 2.13. The summed E-state index contributed by atoms with van der Waals surface area (Å²) in [6, 6.07) is 0. The Labute approximate surface area is 82.7 Å². The fourth-order valence-corrected chi connectivity index (χ4v) is 2.00. The number of rotatable bonds is 6. The first kappa shape index (κ1) is 11.0. The van der Waals surface area contributed by atoms with Crippen molar-refractivity contribution in [3.63, 3.8) is 0 Å². The fraction of sp³-hybridized carbons (Fsp3) is 1.00. The van der Waals surface area contributed by atoms with Crippen molar-refractivity contribution in [1.29, 1.82) is 0 Å². The second-order valence-electron chi connectivity index (χ2n) is 4.11. The molecule has 2 nitrogen and oxygen atoms in total. The van der Waals surface area contributed by atoms with Crippen molar-refractivity contribution in [2.24, 2.45) is 5.92 Å². The number of nitrogens with zero attached hydrogens (tertiary/aromatic N) is 1. The van der Waals surface area contributed by atoms with Crippen LogP contribution in [0.15, 0.2) is 0 Å². The van der Waals surface area contributed by atoms with Crippen LogP contribution in [0, 0.1) is 5.92 Å². The van der Waals surface area contributed by atoms with Gasteiger partial charge in [0, 0.05) is 6.54 Å². The third kappa shape index (κ3) is 4.10. The van der Waals surface area contributed by atoms with E-state index in [2.05, 4.69) is 24.1 Å². The predicted octanol–water partition coefficient (Wildman–Crippen LogP) is 1.72. The molecule has 1 aliphatic rings. The van der Waals surface area contributed by atoms with E-state index in [1.54, 1.807) is 0 Å². The molecule has 0 spiro atoms. The maximum absolute atomic E-state index is 3.43. The zero-order valence-corrected chi connectivity index (χ0v) is 9.18. The van der Waals surface area contributed by atoms with Gasteiger partial charge < -0.3 is 10.2 Å². The average Bonchev–Trinajstić information content (AvgIpc) is 2.64. The average molecular weight is 184 g/mol. The number of hydrogen-bond acceptors (Lipinski definition) is 2. The third-order valence-electron chi connectivity index (χ3n) is 2.95. The van der Waals surface area contributed by atoms with Gasteiger partial charge in [-0.3, -0.25) is 0 Å². The molecule has 0 aromatic rings. The summed E-state index contributed by atoms with van der Waals surface area (Å²) in [5.74, 6) is 0.914. The molecule has 13 heavy (non-hydrogen) atoms. The molecule has 0 saturated carbocycles. The van der Waals surface area contributed by atoms with Crippen LogP contribution in [0.25, 0.3) is 0 Å². The normalized spacial score (nSPS) is 22.8. The Kier molecular flexibility index (Phi) is 5.40. The first-order chi connectivity index (χ1) is 6.36. The Hall–Kier alpha value is -0.0800. The lowest BCUT2D eigenvalue weighted by Crippen LogP contribution is -2.31. The second-order valence-corrected chi connectivity index (χ2v) is 4.11. The van der Waals surface area contributed by atoms with Gasteiger partial charge in [-0.15, -0.1) is 0 Å². The van der Waals surface area contributed by atoms with Gasteiger partial charge in [-0.1, -0.05) is 20.3 Å². The highest BCUT2D eigenvalue weighted by atomic mass is 15.1. The lowest BCUT2D eigenvalue weighted by molar-refractivity contribution is 0.245. The molecule has 1 fully saturated rings. The highest BCUT2D eigenvalue weighted by molar-refractivity contribution is 4.74. The molecule has 0 aliphatic carbocycles. The number of hydrogen-bond donors (Lipinski definition) is 1. The zero-order chi connectivity index (χ0) is 9.52. The molecule has 1 unspecified atom stereocenters. The summed E-state index contributed by atoms with van der Waals surface area (Å²) < 4.78 is 0. The maximum atomic E-state index is 3.43. The molecule has 78 valence electrons. The van der Waals surface area contributed by atoms with Gasteiger partial charge >= 0.3 is 0 Å². The predicted molar refractivity (Wildman–Crippen MR) is 58.0 cm³/mol. The molecule has 1 saturated heterocycles. The van der Waals surface area contributed by atoms with E-state index in [1.165, 1.54) is 52.0 Å². The van der Waals surface area contributed by atoms with Crippen LogP contribution >= 0.6 is 0 Å². The van der Waals surface area contributed by atoms with Crippen LogP contribution < -0.4 is 5.32 Å². The molecule has 1 atom stereocenters. The second kappa shape index (κ2) is 6.39. The van der Waals surface area contributed by atoms with Gasteiger partial charge in [-0.05, 0) is 44.9 Å². The summed E-state index contributed by atoms with van der Waals surface area (Å²) in [5, 5.41) is 3.43. The molecular formula is C11H24N2. The van der Waals surface area contributed by atoms with Gasteiger partial charge in [0.25, 0.3) is 0 Å². The highest BCUT2D eigenvalue weighted by Crippen LogP contribution is 2.10. The van der Waals surface area contributed by atoms with Crippen LogP contribution in [-0.2, 0) is 0 Å². The molecule has 1 aliphatic heterocycles. The van der Waals surface area contributed by atoms with E-state index in [0.29, 0.717) is 0 Å². The molecule has 0 aromatic heterocycles. The quantitative estimate of drug-likeness (QED) is 0.676. The van der Waals surface area contributed by atoms with Gasteiger partial charge in [0.1, 0.15) is 0 Å². The fourth-order valence-electron chi connectivity index (χ4n) is 2.00. The van der Waals surface area contributed by atoms with Crippen molar-refractivity contribution in [2.75, 3.05) is 32.7 Å². The summed E-state index contributed by atoms with van der Waals surface area (Å²) in [6.07, 6.45) is 4.05. The van der Waals surface area contributed by atoms with Crippen LogP contribution in [0.3, 0.4) is 0 Å². The molecule has 0 amide bonds. The van der Waals surface area contributed by atoms with E-state index in [4.69, 9.17) is 0 Å². The van der Waals surface area contributed by atoms with E-state index in [1.807, 2.05) is 0 Å². The Morgan fingerprint density at radius 3 is 2.77 bits per heavy atom. The van der Waals surface area contributed by atoms with Gasteiger partial charge in [-0.2, -0.15) is 0 Å². The lowest BCUT2D eigenvalue weighted by atomic mass is 10.1. The highest BCUT2D eigenvalue weighted by Gasteiger charge is 2.16. The van der Waals surface area contributed by atoms with E-state index in [9.17, 15) is 0 Å². The van der Waals surface area contributed by atoms with Crippen LogP contribution in [-0.4, -0.2) is 37.6 Å². The van der Waals surface area contributed by atoms with Gasteiger partial charge in [0.05, 0.1) is 0 Å². The summed E-state index contributed by atoms with van der Waals surface area (Å²) in [4.78, 5) is 2.60. The standard InChI is InChI=1S/C11H24N2/c1-3-5-8-13(4-2)10-11-6-7-12-9-11/h11-12H,3-10H2,1-2H3. The van der Waals surface area contributed by atoms with E-state index in [0.717, 1.165) is 5.92 Å². The van der Waals surface area contributed by atoms with E-state index >= 15 is 0 Å². The van der Waals surface area contributed by atoms with E-state index in [-0.39, 0.29) is 0 Å². The molecule has 0 aromatic carbocycles. The monoisotopic (exact) mass is 184 g/mol. The van der Waals surface area contributed by atoms with Crippen LogP contribution in [0.4, 0.5) is 0 Å². The summed E-state index contributed by atoms with van der Waals surface area (Å²) in [7, 11) is 0. The SMILES string of the molecule is CCCCN(CC)CC1CCNC1. The van der Waals surface area contributed by atoms with Crippen molar-refractivity contribution in [2.45, 2.75) is 33.1 Å². The van der Waals surface area contributed by atoms with Crippen LogP contribution in [0.5, 0.6) is 0 Å². The largest absolute Gasteiger partial charge is 0.316 e. The molecule has 1 heterocycles. The van der Waals surface area contributed by atoms with Crippen molar-refractivity contribution >= 4 is 0 Å². The molecule has 0 bridgehead atoms. The molecule has 0 radical (unpaired) electrons. The zero-order valence-electron chi connectivity index (χ0n) is 9.18. The molecule has 2 heteroatoms. The van der Waals surface area contributed by atoms with Crippen molar-refractivity contribution < 1.29 is 0 Å². The third-order valence-corrected chi connectivity index (χ3v) is 2.95. The lowest BCUT2D eigenvalue weighted by Gasteiger charge is -2.23. The maximum Gasteiger partial charge on any atom is 0.00222 e.